The van der Waals surface area contributed by atoms with Crippen molar-refractivity contribution in [2.75, 3.05) is 43.0 Å². The predicted molar refractivity (Wildman–Crippen MR) is 94.8 cm³/mol. The molecule has 2 aromatic carbocycles. The van der Waals surface area contributed by atoms with E-state index in [0.717, 1.165) is 44.0 Å². The first-order valence-corrected chi connectivity index (χ1v) is 8.17. The molecule has 4 heteroatoms. The predicted octanol–water partition coefficient (Wildman–Crippen LogP) is 3.18. The molecular formula is C19H24FN3. The topological polar surface area (TPSA) is 18.5 Å². The maximum absolute atomic E-state index is 14.2. The summed E-state index contributed by atoms with van der Waals surface area (Å²) >= 11 is 0. The Labute approximate surface area is 137 Å². The Kier molecular flexibility index (Phi) is 4.82. The maximum Gasteiger partial charge on any atom is 0.146 e. The summed E-state index contributed by atoms with van der Waals surface area (Å²) in [7, 11) is 1.91. The molecule has 0 bridgehead atoms. The largest absolute Gasteiger partial charge is 0.368 e. The first kappa shape index (κ1) is 15.8. The Balaban J connectivity index is 1.70. The van der Waals surface area contributed by atoms with E-state index in [0.29, 0.717) is 0 Å². The number of hydrogen-bond donors (Lipinski definition) is 1. The van der Waals surface area contributed by atoms with Crippen LogP contribution in [0, 0.1) is 12.7 Å². The molecule has 1 aliphatic heterocycles. The van der Waals surface area contributed by atoms with Gasteiger partial charge in [-0.15, -0.1) is 0 Å². The van der Waals surface area contributed by atoms with Gasteiger partial charge >= 0.3 is 0 Å². The van der Waals surface area contributed by atoms with Crippen molar-refractivity contribution in [2.45, 2.75) is 13.5 Å². The molecule has 0 aromatic heterocycles. The lowest BCUT2D eigenvalue weighted by molar-refractivity contribution is 0.596. The number of nitrogens with zero attached hydrogens (tertiary/aromatic N) is 2. The molecule has 3 nitrogen and oxygen atoms in total. The summed E-state index contributed by atoms with van der Waals surface area (Å²) < 4.78 is 14.2. The first-order chi connectivity index (χ1) is 11.2. The molecule has 2 aromatic rings. The monoisotopic (exact) mass is 313 g/mol. The van der Waals surface area contributed by atoms with Crippen LogP contribution in [0.3, 0.4) is 0 Å². The van der Waals surface area contributed by atoms with Crippen LogP contribution in [0.5, 0.6) is 0 Å². The van der Waals surface area contributed by atoms with Gasteiger partial charge < -0.3 is 15.1 Å². The molecular weight excluding hydrogens is 289 g/mol. The second-order valence-electron chi connectivity index (χ2n) is 6.13. The van der Waals surface area contributed by atoms with Gasteiger partial charge in [0.15, 0.2) is 0 Å². The molecule has 1 saturated heterocycles. The second kappa shape index (κ2) is 7.01. The lowest BCUT2D eigenvalue weighted by Crippen LogP contribution is -2.46. The van der Waals surface area contributed by atoms with Gasteiger partial charge in [-0.25, -0.2) is 4.39 Å². The van der Waals surface area contributed by atoms with Crippen molar-refractivity contribution in [1.82, 2.24) is 5.32 Å². The van der Waals surface area contributed by atoms with E-state index in [2.05, 4.69) is 46.3 Å². The Hall–Kier alpha value is -2.07. The van der Waals surface area contributed by atoms with Gasteiger partial charge in [0.05, 0.1) is 5.69 Å². The average Bonchev–Trinajstić information content (AvgIpc) is 2.57. The first-order valence-electron chi connectivity index (χ1n) is 8.17. The molecule has 0 spiro atoms. The van der Waals surface area contributed by atoms with E-state index >= 15 is 0 Å². The molecule has 0 saturated carbocycles. The van der Waals surface area contributed by atoms with Crippen LogP contribution in [-0.2, 0) is 6.54 Å². The number of anilines is 2. The van der Waals surface area contributed by atoms with Crippen LogP contribution in [0.2, 0.25) is 0 Å². The molecule has 23 heavy (non-hydrogen) atoms. The summed E-state index contributed by atoms with van der Waals surface area (Å²) in [6, 6.07) is 14.0. The highest BCUT2D eigenvalue weighted by Gasteiger charge is 2.20. The minimum atomic E-state index is -0.131. The van der Waals surface area contributed by atoms with Crippen molar-refractivity contribution in [3.8, 4) is 0 Å². The van der Waals surface area contributed by atoms with Gasteiger partial charge in [0.25, 0.3) is 0 Å². The number of hydrogen-bond acceptors (Lipinski definition) is 3. The number of halogens is 1. The minimum Gasteiger partial charge on any atom is -0.368 e. The Bertz CT molecular complexity index is 663. The fourth-order valence-corrected chi connectivity index (χ4v) is 3.14. The van der Waals surface area contributed by atoms with Crippen molar-refractivity contribution in [1.29, 1.82) is 0 Å². The van der Waals surface area contributed by atoms with Crippen molar-refractivity contribution < 1.29 is 4.39 Å². The van der Waals surface area contributed by atoms with E-state index in [-0.39, 0.29) is 5.82 Å². The van der Waals surface area contributed by atoms with Crippen molar-refractivity contribution in [3.05, 3.63) is 59.4 Å². The fraction of sp³-hybridized carbons (Fsp3) is 0.368. The zero-order chi connectivity index (χ0) is 16.2. The number of piperazine rings is 1. The SMILES string of the molecule is CNCc1ccc(F)c(N2CCN(c3cccc(C)c3)CC2)c1. The summed E-state index contributed by atoms with van der Waals surface area (Å²) in [5.41, 5.74) is 4.37. The minimum absolute atomic E-state index is 0.131. The molecule has 1 N–H and O–H groups in total. The van der Waals surface area contributed by atoms with Gasteiger partial charge in [-0.1, -0.05) is 18.2 Å². The summed E-state index contributed by atoms with van der Waals surface area (Å²) in [5, 5.41) is 3.12. The third-order valence-electron chi connectivity index (χ3n) is 4.38. The number of nitrogens with one attached hydrogen (secondary N) is 1. The maximum atomic E-state index is 14.2. The molecule has 122 valence electrons. The van der Waals surface area contributed by atoms with Gasteiger partial charge in [0.1, 0.15) is 5.82 Å². The van der Waals surface area contributed by atoms with E-state index < -0.39 is 0 Å². The van der Waals surface area contributed by atoms with Gasteiger partial charge in [0.2, 0.25) is 0 Å². The van der Waals surface area contributed by atoms with Crippen LogP contribution in [-0.4, -0.2) is 33.2 Å². The van der Waals surface area contributed by atoms with Crippen molar-refractivity contribution in [2.24, 2.45) is 0 Å². The molecule has 0 aliphatic carbocycles. The smallest absolute Gasteiger partial charge is 0.146 e. The Morgan fingerprint density at radius 3 is 2.43 bits per heavy atom. The number of rotatable bonds is 4. The van der Waals surface area contributed by atoms with Crippen LogP contribution in [0.4, 0.5) is 15.8 Å². The lowest BCUT2D eigenvalue weighted by atomic mass is 10.1. The lowest BCUT2D eigenvalue weighted by Gasteiger charge is -2.37. The fourth-order valence-electron chi connectivity index (χ4n) is 3.14. The second-order valence-corrected chi connectivity index (χ2v) is 6.13. The van der Waals surface area contributed by atoms with Crippen molar-refractivity contribution in [3.63, 3.8) is 0 Å². The van der Waals surface area contributed by atoms with E-state index in [1.54, 1.807) is 6.07 Å². The zero-order valence-corrected chi connectivity index (χ0v) is 13.8. The highest BCUT2D eigenvalue weighted by Crippen LogP contribution is 2.24. The standard InChI is InChI=1S/C19H24FN3/c1-15-4-3-5-17(12-15)22-8-10-23(11-9-22)19-13-16(14-21-2)6-7-18(19)20/h3-7,12-13,21H,8-11,14H2,1-2H3. The molecule has 0 radical (unpaired) electrons. The summed E-state index contributed by atoms with van der Waals surface area (Å²) in [5.74, 6) is -0.131. The zero-order valence-electron chi connectivity index (χ0n) is 13.8. The number of aryl methyl sites for hydroxylation is 1. The van der Waals surface area contributed by atoms with Crippen LogP contribution < -0.4 is 15.1 Å². The van der Waals surface area contributed by atoms with Gasteiger partial charge in [-0.05, 0) is 49.4 Å². The molecule has 1 fully saturated rings. The van der Waals surface area contributed by atoms with Gasteiger partial charge in [0, 0.05) is 38.4 Å². The Morgan fingerprint density at radius 1 is 1.00 bits per heavy atom. The molecule has 0 atom stereocenters. The molecule has 3 rings (SSSR count). The Morgan fingerprint density at radius 2 is 1.74 bits per heavy atom. The van der Waals surface area contributed by atoms with Crippen LogP contribution in [0.1, 0.15) is 11.1 Å². The van der Waals surface area contributed by atoms with E-state index in [1.807, 2.05) is 19.2 Å². The quantitative estimate of drug-likeness (QED) is 0.935. The summed E-state index contributed by atoms with van der Waals surface area (Å²) in [4.78, 5) is 4.53. The highest BCUT2D eigenvalue weighted by molar-refractivity contribution is 5.54. The normalized spacial score (nSPS) is 15.1. The number of benzene rings is 2. The van der Waals surface area contributed by atoms with Crippen LogP contribution in [0.25, 0.3) is 0 Å². The van der Waals surface area contributed by atoms with E-state index in [4.69, 9.17) is 0 Å². The van der Waals surface area contributed by atoms with Crippen LogP contribution in [0.15, 0.2) is 42.5 Å². The molecule has 1 heterocycles. The molecule has 0 amide bonds. The third kappa shape index (κ3) is 3.64. The molecule has 0 unspecified atom stereocenters. The third-order valence-corrected chi connectivity index (χ3v) is 4.38. The van der Waals surface area contributed by atoms with E-state index in [1.165, 1.54) is 11.3 Å². The van der Waals surface area contributed by atoms with Gasteiger partial charge in [-0.2, -0.15) is 0 Å². The van der Waals surface area contributed by atoms with E-state index in [9.17, 15) is 4.39 Å². The highest BCUT2D eigenvalue weighted by atomic mass is 19.1. The summed E-state index contributed by atoms with van der Waals surface area (Å²) in [6.45, 7) is 6.39. The van der Waals surface area contributed by atoms with Crippen molar-refractivity contribution >= 4 is 11.4 Å². The summed E-state index contributed by atoms with van der Waals surface area (Å²) in [6.07, 6.45) is 0. The van der Waals surface area contributed by atoms with Gasteiger partial charge in [-0.3, -0.25) is 0 Å². The van der Waals surface area contributed by atoms with Crippen LogP contribution >= 0.6 is 0 Å². The average molecular weight is 313 g/mol. The molecule has 1 aliphatic rings.